The van der Waals surface area contributed by atoms with E-state index in [1.54, 1.807) is 0 Å². The topological polar surface area (TPSA) is 61.3 Å². The van der Waals surface area contributed by atoms with Gasteiger partial charge in [0.15, 0.2) is 0 Å². The van der Waals surface area contributed by atoms with Crippen LogP contribution in [0.25, 0.3) is 11.1 Å². The molecule has 0 bridgehead atoms. The quantitative estimate of drug-likeness (QED) is 0.794. The third kappa shape index (κ3) is 2.33. The van der Waals surface area contributed by atoms with Gasteiger partial charge in [-0.25, -0.2) is 0 Å². The van der Waals surface area contributed by atoms with E-state index >= 15 is 0 Å². The Hall–Kier alpha value is -2.16. The zero-order chi connectivity index (χ0) is 12.3. The molecule has 2 rings (SSSR count). The summed E-state index contributed by atoms with van der Waals surface area (Å²) in [7, 11) is 0. The summed E-state index contributed by atoms with van der Waals surface area (Å²) in [5, 5.41) is 0. The van der Waals surface area contributed by atoms with Crippen molar-refractivity contribution in [1.82, 2.24) is 0 Å². The van der Waals surface area contributed by atoms with Gasteiger partial charge in [0.1, 0.15) is 5.75 Å². The molecule has 0 unspecified atom stereocenters. The molecule has 0 aliphatic rings. The van der Waals surface area contributed by atoms with E-state index in [2.05, 4.69) is 0 Å². The minimum absolute atomic E-state index is 0.607. The highest BCUT2D eigenvalue weighted by molar-refractivity contribution is 5.81. The summed E-state index contributed by atoms with van der Waals surface area (Å²) >= 11 is 0. The maximum absolute atomic E-state index is 6.08. The van der Waals surface area contributed by atoms with Crippen LogP contribution in [0.3, 0.4) is 0 Å². The predicted octanol–water partition coefficient (Wildman–Crippen LogP) is 2.92. The molecule has 4 N–H and O–H groups in total. The molecule has 0 heterocycles. The lowest BCUT2D eigenvalue weighted by Gasteiger charge is -2.11. The number of hydrogen-bond donors (Lipinski definition) is 2. The SMILES string of the molecule is CCOc1cccc(-c2ccc(N)cc2)c1N. The number of nitrogen functional groups attached to an aromatic ring is 2. The van der Waals surface area contributed by atoms with Gasteiger partial charge in [-0.05, 0) is 30.7 Å². The van der Waals surface area contributed by atoms with E-state index in [-0.39, 0.29) is 0 Å². The van der Waals surface area contributed by atoms with Crippen molar-refractivity contribution in [3.8, 4) is 16.9 Å². The molecule has 0 saturated heterocycles. The lowest BCUT2D eigenvalue weighted by Crippen LogP contribution is -1.98. The zero-order valence-corrected chi connectivity index (χ0v) is 9.81. The molecule has 88 valence electrons. The molecule has 2 aromatic rings. The van der Waals surface area contributed by atoms with E-state index in [4.69, 9.17) is 16.2 Å². The van der Waals surface area contributed by atoms with Gasteiger partial charge in [0, 0.05) is 11.3 Å². The van der Waals surface area contributed by atoms with Crippen molar-refractivity contribution in [3.05, 3.63) is 42.5 Å². The first-order valence-corrected chi connectivity index (χ1v) is 5.59. The van der Waals surface area contributed by atoms with Crippen LogP contribution in [0.5, 0.6) is 5.75 Å². The van der Waals surface area contributed by atoms with Crippen molar-refractivity contribution in [1.29, 1.82) is 0 Å². The molecule has 2 aromatic carbocycles. The van der Waals surface area contributed by atoms with Crippen LogP contribution in [0.2, 0.25) is 0 Å². The molecule has 0 spiro atoms. The highest BCUT2D eigenvalue weighted by Gasteiger charge is 2.07. The minimum atomic E-state index is 0.607. The third-order valence-electron chi connectivity index (χ3n) is 2.59. The largest absolute Gasteiger partial charge is 0.492 e. The van der Waals surface area contributed by atoms with Crippen LogP contribution in [0.15, 0.2) is 42.5 Å². The number of rotatable bonds is 3. The molecule has 0 atom stereocenters. The van der Waals surface area contributed by atoms with Gasteiger partial charge in [0.05, 0.1) is 12.3 Å². The van der Waals surface area contributed by atoms with Crippen LogP contribution in [0.1, 0.15) is 6.92 Å². The maximum Gasteiger partial charge on any atom is 0.142 e. The van der Waals surface area contributed by atoms with Gasteiger partial charge in [0.25, 0.3) is 0 Å². The fourth-order valence-electron chi connectivity index (χ4n) is 1.74. The summed E-state index contributed by atoms with van der Waals surface area (Å²) in [6.07, 6.45) is 0. The second-order valence-electron chi connectivity index (χ2n) is 3.77. The highest BCUT2D eigenvalue weighted by Crippen LogP contribution is 2.33. The van der Waals surface area contributed by atoms with E-state index in [1.807, 2.05) is 49.4 Å². The first kappa shape index (κ1) is 11.3. The van der Waals surface area contributed by atoms with Gasteiger partial charge in [-0.2, -0.15) is 0 Å². The summed E-state index contributed by atoms with van der Waals surface area (Å²) < 4.78 is 5.47. The number of benzene rings is 2. The van der Waals surface area contributed by atoms with Crippen molar-refractivity contribution in [2.45, 2.75) is 6.92 Å². The van der Waals surface area contributed by atoms with E-state index in [0.29, 0.717) is 12.3 Å². The summed E-state index contributed by atoms with van der Waals surface area (Å²) in [5.41, 5.74) is 15.2. The monoisotopic (exact) mass is 228 g/mol. The molecule has 0 radical (unpaired) electrons. The van der Waals surface area contributed by atoms with Gasteiger partial charge >= 0.3 is 0 Å². The number of ether oxygens (including phenoxy) is 1. The van der Waals surface area contributed by atoms with Crippen molar-refractivity contribution in [2.24, 2.45) is 0 Å². The minimum Gasteiger partial charge on any atom is -0.492 e. The van der Waals surface area contributed by atoms with E-state index in [0.717, 1.165) is 22.6 Å². The second kappa shape index (κ2) is 4.78. The van der Waals surface area contributed by atoms with E-state index < -0.39 is 0 Å². The predicted molar refractivity (Wildman–Crippen MR) is 71.9 cm³/mol. The molecule has 0 amide bonds. The third-order valence-corrected chi connectivity index (χ3v) is 2.59. The summed E-state index contributed by atoms with van der Waals surface area (Å²) in [6.45, 7) is 2.55. The van der Waals surface area contributed by atoms with Crippen LogP contribution in [0, 0.1) is 0 Å². The second-order valence-corrected chi connectivity index (χ2v) is 3.77. The smallest absolute Gasteiger partial charge is 0.142 e. The van der Waals surface area contributed by atoms with Crippen LogP contribution >= 0.6 is 0 Å². The molecular weight excluding hydrogens is 212 g/mol. The first-order valence-electron chi connectivity index (χ1n) is 5.59. The molecule has 0 fully saturated rings. The van der Waals surface area contributed by atoms with Crippen LogP contribution in [0.4, 0.5) is 11.4 Å². The standard InChI is InChI=1S/C14H16N2O/c1-2-17-13-5-3-4-12(14(13)16)10-6-8-11(15)9-7-10/h3-9H,2,15-16H2,1H3. The lowest BCUT2D eigenvalue weighted by molar-refractivity contribution is 0.342. The fourth-order valence-corrected chi connectivity index (χ4v) is 1.74. The molecule has 0 saturated carbocycles. The summed E-state index contributed by atoms with van der Waals surface area (Å²) in [4.78, 5) is 0. The Morgan fingerprint density at radius 2 is 1.71 bits per heavy atom. The van der Waals surface area contributed by atoms with Crippen molar-refractivity contribution >= 4 is 11.4 Å². The van der Waals surface area contributed by atoms with Crippen molar-refractivity contribution in [2.75, 3.05) is 18.1 Å². The first-order chi connectivity index (χ1) is 8.22. The Morgan fingerprint density at radius 1 is 1.00 bits per heavy atom. The van der Waals surface area contributed by atoms with Crippen LogP contribution in [-0.4, -0.2) is 6.61 Å². The fraction of sp³-hybridized carbons (Fsp3) is 0.143. The van der Waals surface area contributed by atoms with Gasteiger partial charge in [-0.3, -0.25) is 0 Å². The van der Waals surface area contributed by atoms with Gasteiger partial charge in [-0.1, -0.05) is 24.3 Å². The Labute approximate surface area is 101 Å². The number of anilines is 2. The Balaban J connectivity index is 2.45. The Morgan fingerprint density at radius 3 is 2.35 bits per heavy atom. The normalized spacial score (nSPS) is 10.2. The van der Waals surface area contributed by atoms with Crippen LogP contribution < -0.4 is 16.2 Å². The van der Waals surface area contributed by atoms with Gasteiger partial charge in [0.2, 0.25) is 0 Å². The van der Waals surface area contributed by atoms with Crippen molar-refractivity contribution in [3.63, 3.8) is 0 Å². The molecule has 0 aromatic heterocycles. The zero-order valence-electron chi connectivity index (χ0n) is 9.81. The van der Waals surface area contributed by atoms with Gasteiger partial charge < -0.3 is 16.2 Å². The number of nitrogens with two attached hydrogens (primary N) is 2. The molecule has 0 aliphatic carbocycles. The molecule has 17 heavy (non-hydrogen) atoms. The van der Waals surface area contributed by atoms with E-state index in [1.165, 1.54) is 0 Å². The maximum atomic E-state index is 6.08. The lowest BCUT2D eigenvalue weighted by atomic mass is 10.0. The Bertz CT molecular complexity index is 506. The molecule has 0 aliphatic heterocycles. The Kier molecular flexibility index (Phi) is 3.19. The average Bonchev–Trinajstić information content (AvgIpc) is 2.34. The molecule has 3 heteroatoms. The number of para-hydroxylation sites is 1. The van der Waals surface area contributed by atoms with E-state index in [9.17, 15) is 0 Å². The van der Waals surface area contributed by atoms with Gasteiger partial charge in [-0.15, -0.1) is 0 Å². The molecule has 3 nitrogen and oxygen atoms in total. The molecular formula is C14H16N2O. The van der Waals surface area contributed by atoms with Crippen molar-refractivity contribution < 1.29 is 4.74 Å². The summed E-state index contributed by atoms with van der Waals surface area (Å²) in [5.74, 6) is 0.724. The highest BCUT2D eigenvalue weighted by atomic mass is 16.5. The summed E-state index contributed by atoms with van der Waals surface area (Å²) in [6, 6.07) is 13.4. The average molecular weight is 228 g/mol. The van der Waals surface area contributed by atoms with Crippen LogP contribution in [-0.2, 0) is 0 Å². The number of hydrogen-bond acceptors (Lipinski definition) is 3.